The zero-order valence-corrected chi connectivity index (χ0v) is 12.4. The molecule has 0 radical (unpaired) electrons. The molecule has 1 amide bonds. The lowest BCUT2D eigenvalue weighted by molar-refractivity contribution is -0.137. The first-order valence-electron chi connectivity index (χ1n) is 7.39. The van der Waals surface area contributed by atoms with Gasteiger partial charge < -0.3 is 15.4 Å². The average Bonchev–Trinajstić information content (AvgIpc) is 2.70. The van der Waals surface area contributed by atoms with Gasteiger partial charge in [-0.2, -0.15) is 0 Å². The summed E-state index contributed by atoms with van der Waals surface area (Å²) in [4.78, 5) is 14.3. The van der Waals surface area contributed by atoms with Gasteiger partial charge in [0.05, 0.1) is 5.69 Å². The molecule has 20 heavy (non-hydrogen) atoms. The lowest BCUT2D eigenvalue weighted by atomic mass is 10.2. The summed E-state index contributed by atoms with van der Waals surface area (Å²) in [6.45, 7) is 5.46. The second kappa shape index (κ2) is 6.64. The van der Waals surface area contributed by atoms with Gasteiger partial charge in [0.2, 0.25) is 0 Å². The maximum absolute atomic E-state index is 12.4. The van der Waals surface area contributed by atoms with Crippen LogP contribution in [0.15, 0.2) is 18.2 Å². The third-order valence-corrected chi connectivity index (χ3v) is 3.73. The van der Waals surface area contributed by atoms with Gasteiger partial charge in [-0.1, -0.05) is 18.9 Å². The number of nitrogen functional groups attached to an aromatic ring is 1. The van der Waals surface area contributed by atoms with Crippen LogP contribution >= 0.6 is 0 Å². The third kappa shape index (κ3) is 3.65. The van der Waals surface area contributed by atoms with Crippen LogP contribution in [0.3, 0.4) is 0 Å². The van der Waals surface area contributed by atoms with Crippen LogP contribution in [0, 0.1) is 6.92 Å². The normalized spacial score (nSPS) is 17.4. The van der Waals surface area contributed by atoms with Gasteiger partial charge in [-0.3, -0.25) is 4.79 Å². The van der Waals surface area contributed by atoms with E-state index in [4.69, 9.17) is 10.5 Å². The number of carbonyl (C=O) groups is 1. The van der Waals surface area contributed by atoms with E-state index in [1.807, 2.05) is 30.0 Å². The van der Waals surface area contributed by atoms with Crippen molar-refractivity contribution in [1.82, 2.24) is 4.90 Å². The van der Waals surface area contributed by atoms with E-state index in [0.717, 1.165) is 31.5 Å². The van der Waals surface area contributed by atoms with Crippen molar-refractivity contribution in [3.8, 4) is 5.75 Å². The molecule has 0 saturated carbocycles. The zero-order chi connectivity index (χ0) is 14.5. The molecule has 1 unspecified atom stereocenters. The number of benzene rings is 1. The van der Waals surface area contributed by atoms with Crippen LogP contribution < -0.4 is 10.5 Å². The van der Waals surface area contributed by atoms with E-state index in [0.29, 0.717) is 11.4 Å². The van der Waals surface area contributed by atoms with Crippen LogP contribution in [0.25, 0.3) is 0 Å². The van der Waals surface area contributed by atoms with Crippen molar-refractivity contribution in [2.75, 3.05) is 18.8 Å². The maximum atomic E-state index is 12.4. The van der Waals surface area contributed by atoms with Crippen LogP contribution in [-0.4, -0.2) is 30.0 Å². The van der Waals surface area contributed by atoms with E-state index in [1.165, 1.54) is 12.8 Å². The summed E-state index contributed by atoms with van der Waals surface area (Å²) in [7, 11) is 0. The molecule has 1 atom stereocenters. The summed E-state index contributed by atoms with van der Waals surface area (Å²) in [5, 5.41) is 0. The first-order chi connectivity index (χ1) is 9.58. The number of rotatable bonds is 3. The highest BCUT2D eigenvalue weighted by Crippen LogP contribution is 2.24. The number of likely N-dealkylation sites (tertiary alicyclic amines) is 1. The summed E-state index contributed by atoms with van der Waals surface area (Å²) in [6.07, 6.45) is 4.11. The van der Waals surface area contributed by atoms with Gasteiger partial charge in [-0.15, -0.1) is 0 Å². The van der Waals surface area contributed by atoms with Crippen LogP contribution in [-0.2, 0) is 4.79 Å². The zero-order valence-electron chi connectivity index (χ0n) is 12.4. The van der Waals surface area contributed by atoms with Crippen molar-refractivity contribution in [3.05, 3.63) is 23.8 Å². The summed E-state index contributed by atoms with van der Waals surface area (Å²) >= 11 is 0. The van der Waals surface area contributed by atoms with Gasteiger partial charge in [0.15, 0.2) is 6.10 Å². The van der Waals surface area contributed by atoms with Crippen molar-refractivity contribution in [2.24, 2.45) is 0 Å². The third-order valence-electron chi connectivity index (χ3n) is 3.73. The van der Waals surface area contributed by atoms with Crippen LogP contribution in [0.2, 0.25) is 0 Å². The van der Waals surface area contributed by atoms with Crippen molar-refractivity contribution < 1.29 is 9.53 Å². The van der Waals surface area contributed by atoms with Crippen molar-refractivity contribution in [2.45, 2.75) is 45.6 Å². The highest BCUT2D eigenvalue weighted by molar-refractivity contribution is 5.81. The Morgan fingerprint density at radius 2 is 1.90 bits per heavy atom. The van der Waals surface area contributed by atoms with E-state index < -0.39 is 6.10 Å². The molecule has 110 valence electrons. The number of aryl methyl sites for hydroxylation is 1. The fourth-order valence-electron chi connectivity index (χ4n) is 2.56. The van der Waals surface area contributed by atoms with E-state index in [9.17, 15) is 4.79 Å². The maximum Gasteiger partial charge on any atom is 0.263 e. The number of amides is 1. The van der Waals surface area contributed by atoms with Crippen molar-refractivity contribution in [3.63, 3.8) is 0 Å². The SMILES string of the molecule is Cc1ccc(OC(C)C(=O)N2CCCCCC2)c(N)c1. The summed E-state index contributed by atoms with van der Waals surface area (Å²) in [5.41, 5.74) is 7.59. The number of ether oxygens (including phenoxy) is 1. The number of carbonyl (C=O) groups excluding carboxylic acids is 1. The molecule has 1 aromatic carbocycles. The lowest BCUT2D eigenvalue weighted by Gasteiger charge is -2.25. The molecular weight excluding hydrogens is 252 g/mol. The molecule has 1 fully saturated rings. The first-order valence-corrected chi connectivity index (χ1v) is 7.39. The predicted octanol–water partition coefficient (Wildman–Crippen LogP) is 2.75. The Morgan fingerprint density at radius 1 is 1.25 bits per heavy atom. The minimum Gasteiger partial charge on any atom is -0.479 e. The van der Waals surface area contributed by atoms with Gasteiger partial charge in [0.1, 0.15) is 5.75 Å². The summed E-state index contributed by atoms with van der Waals surface area (Å²) < 4.78 is 5.74. The van der Waals surface area contributed by atoms with Gasteiger partial charge in [0, 0.05) is 13.1 Å². The molecule has 1 aliphatic heterocycles. The predicted molar refractivity (Wildman–Crippen MR) is 80.7 cm³/mol. The molecule has 4 nitrogen and oxygen atoms in total. The van der Waals surface area contributed by atoms with Gasteiger partial charge in [-0.05, 0) is 44.4 Å². The van der Waals surface area contributed by atoms with E-state index in [2.05, 4.69) is 0 Å². The summed E-state index contributed by atoms with van der Waals surface area (Å²) in [5.74, 6) is 0.651. The molecule has 1 aromatic rings. The Kier molecular flexibility index (Phi) is 4.88. The fourth-order valence-corrected chi connectivity index (χ4v) is 2.56. The summed E-state index contributed by atoms with van der Waals surface area (Å²) in [6, 6.07) is 5.63. The van der Waals surface area contributed by atoms with Crippen LogP contribution in [0.4, 0.5) is 5.69 Å². The topological polar surface area (TPSA) is 55.6 Å². The molecule has 0 bridgehead atoms. The highest BCUT2D eigenvalue weighted by Gasteiger charge is 2.23. The van der Waals surface area contributed by atoms with Gasteiger partial charge in [0.25, 0.3) is 5.91 Å². The standard InChI is InChI=1S/C16H24N2O2/c1-12-7-8-15(14(17)11-12)20-13(2)16(19)18-9-5-3-4-6-10-18/h7-8,11,13H,3-6,9-10,17H2,1-2H3. The largest absolute Gasteiger partial charge is 0.479 e. The Bertz CT molecular complexity index is 466. The monoisotopic (exact) mass is 276 g/mol. The van der Waals surface area contributed by atoms with Gasteiger partial charge in [-0.25, -0.2) is 0 Å². The molecule has 1 heterocycles. The lowest BCUT2D eigenvalue weighted by Crippen LogP contribution is -2.41. The van der Waals surface area contributed by atoms with Gasteiger partial charge >= 0.3 is 0 Å². The number of nitrogens with zero attached hydrogens (tertiary/aromatic N) is 1. The number of nitrogens with two attached hydrogens (primary N) is 1. The molecule has 4 heteroatoms. The average molecular weight is 276 g/mol. The minimum atomic E-state index is -0.488. The van der Waals surface area contributed by atoms with Crippen LogP contribution in [0.5, 0.6) is 5.75 Å². The van der Waals surface area contributed by atoms with Crippen molar-refractivity contribution in [1.29, 1.82) is 0 Å². The molecule has 2 N–H and O–H groups in total. The minimum absolute atomic E-state index is 0.0619. The fraction of sp³-hybridized carbons (Fsp3) is 0.562. The Morgan fingerprint density at radius 3 is 2.50 bits per heavy atom. The molecule has 0 spiro atoms. The molecule has 1 saturated heterocycles. The van der Waals surface area contributed by atoms with Crippen molar-refractivity contribution >= 4 is 11.6 Å². The highest BCUT2D eigenvalue weighted by atomic mass is 16.5. The second-order valence-corrected chi connectivity index (χ2v) is 5.54. The molecular formula is C16H24N2O2. The Labute approximate surface area is 120 Å². The molecule has 2 rings (SSSR count). The smallest absolute Gasteiger partial charge is 0.263 e. The number of hydrogen-bond acceptors (Lipinski definition) is 3. The van der Waals surface area contributed by atoms with E-state index in [1.54, 1.807) is 6.92 Å². The number of anilines is 1. The quantitative estimate of drug-likeness (QED) is 0.864. The van der Waals surface area contributed by atoms with Crippen LogP contribution in [0.1, 0.15) is 38.2 Å². The number of hydrogen-bond donors (Lipinski definition) is 1. The molecule has 0 aliphatic carbocycles. The van der Waals surface area contributed by atoms with E-state index in [-0.39, 0.29) is 5.91 Å². The van der Waals surface area contributed by atoms with E-state index >= 15 is 0 Å². The molecule has 0 aromatic heterocycles. The first kappa shape index (κ1) is 14.7. The Balaban J connectivity index is 1.99. The Hall–Kier alpha value is -1.71. The second-order valence-electron chi connectivity index (χ2n) is 5.54. The molecule has 1 aliphatic rings.